The maximum atomic E-state index is 12.7. The molecule has 1 fully saturated rings. The molecule has 1 N–H and O–H groups in total. The van der Waals surface area contributed by atoms with E-state index < -0.39 is 15.8 Å². The number of hydrogen-bond donors (Lipinski definition) is 1. The molecule has 1 saturated heterocycles. The van der Waals surface area contributed by atoms with Crippen molar-refractivity contribution in [3.8, 4) is 0 Å². The number of benzene rings is 1. The Morgan fingerprint density at radius 2 is 1.88 bits per heavy atom. The fourth-order valence-corrected chi connectivity index (χ4v) is 2.85. The van der Waals surface area contributed by atoms with Crippen LogP contribution < -0.4 is 5.32 Å². The number of nitrogens with zero attached hydrogens (tertiary/aromatic N) is 1. The van der Waals surface area contributed by atoms with Crippen LogP contribution >= 0.6 is 0 Å². The third kappa shape index (κ3) is 1.95. The SMILES string of the molecule is CN(C1CNC1)S(=O)(=O)c1ccc(F)cc1. The van der Waals surface area contributed by atoms with Crippen LogP contribution in [0.2, 0.25) is 0 Å². The van der Waals surface area contributed by atoms with E-state index in [-0.39, 0.29) is 10.9 Å². The van der Waals surface area contributed by atoms with Gasteiger partial charge in [-0.2, -0.15) is 4.31 Å². The van der Waals surface area contributed by atoms with Crippen molar-refractivity contribution in [2.24, 2.45) is 0 Å². The van der Waals surface area contributed by atoms with Crippen molar-refractivity contribution < 1.29 is 12.8 Å². The number of hydrogen-bond acceptors (Lipinski definition) is 3. The summed E-state index contributed by atoms with van der Waals surface area (Å²) in [5, 5.41) is 3.01. The number of halogens is 1. The lowest BCUT2D eigenvalue weighted by Gasteiger charge is -2.34. The molecule has 1 aliphatic rings. The Morgan fingerprint density at radius 1 is 1.31 bits per heavy atom. The van der Waals surface area contributed by atoms with Crippen LogP contribution in [0.5, 0.6) is 0 Å². The van der Waals surface area contributed by atoms with E-state index in [0.29, 0.717) is 13.1 Å². The zero-order chi connectivity index (χ0) is 11.8. The van der Waals surface area contributed by atoms with Gasteiger partial charge in [0.05, 0.1) is 4.90 Å². The maximum absolute atomic E-state index is 12.7. The van der Waals surface area contributed by atoms with Crippen LogP contribution in [0.3, 0.4) is 0 Å². The Hall–Kier alpha value is -0.980. The second-order valence-corrected chi connectivity index (χ2v) is 5.78. The van der Waals surface area contributed by atoms with Gasteiger partial charge in [0, 0.05) is 26.2 Å². The van der Waals surface area contributed by atoms with Crippen molar-refractivity contribution in [3.63, 3.8) is 0 Å². The molecule has 2 rings (SSSR count). The molecule has 1 aromatic carbocycles. The van der Waals surface area contributed by atoms with Gasteiger partial charge in [-0.25, -0.2) is 12.8 Å². The highest BCUT2D eigenvalue weighted by molar-refractivity contribution is 7.89. The summed E-state index contributed by atoms with van der Waals surface area (Å²) in [5.74, 6) is -0.438. The van der Waals surface area contributed by atoms with Gasteiger partial charge in [-0.15, -0.1) is 0 Å². The van der Waals surface area contributed by atoms with Crippen LogP contribution in [0, 0.1) is 5.82 Å². The Kier molecular flexibility index (Phi) is 2.96. The van der Waals surface area contributed by atoms with Crippen molar-refractivity contribution in [2.75, 3.05) is 20.1 Å². The summed E-state index contributed by atoms with van der Waals surface area (Å²) < 4.78 is 38.1. The average molecular weight is 244 g/mol. The van der Waals surface area contributed by atoms with Gasteiger partial charge in [-0.1, -0.05) is 0 Å². The Labute approximate surface area is 94.1 Å². The molecule has 0 saturated carbocycles. The highest BCUT2D eigenvalue weighted by atomic mass is 32.2. The molecule has 1 aromatic rings. The smallest absolute Gasteiger partial charge is 0.243 e. The molecular formula is C10H13FN2O2S. The van der Waals surface area contributed by atoms with E-state index >= 15 is 0 Å². The second kappa shape index (κ2) is 4.12. The molecule has 0 radical (unpaired) electrons. The van der Waals surface area contributed by atoms with Gasteiger partial charge in [0.15, 0.2) is 0 Å². The van der Waals surface area contributed by atoms with Crippen molar-refractivity contribution in [2.45, 2.75) is 10.9 Å². The van der Waals surface area contributed by atoms with Gasteiger partial charge < -0.3 is 5.32 Å². The summed E-state index contributed by atoms with van der Waals surface area (Å²) >= 11 is 0. The summed E-state index contributed by atoms with van der Waals surface area (Å²) in [6, 6.07) is 4.87. The Balaban J connectivity index is 2.27. The van der Waals surface area contributed by atoms with E-state index in [1.165, 1.54) is 16.4 Å². The summed E-state index contributed by atoms with van der Waals surface area (Å²) in [7, 11) is -1.94. The molecule has 1 aliphatic heterocycles. The van der Waals surface area contributed by atoms with Gasteiger partial charge in [0.1, 0.15) is 5.82 Å². The standard InChI is InChI=1S/C10H13FN2O2S/c1-13(9-6-12-7-9)16(14,15)10-4-2-8(11)3-5-10/h2-5,9,12H,6-7H2,1H3. The van der Waals surface area contributed by atoms with Crippen molar-refractivity contribution in [1.82, 2.24) is 9.62 Å². The van der Waals surface area contributed by atoms with Gasteiger partial charge in [-0.05, 0) is 24.3 Å². The molecule has 0 bridgehead atoms. The lowest BCUT2D eigenvalue weighted by molar-refractivity contribution is 0.274. The molecule has 0 unspecified atom stereocenters. The monoisotopic (exact) mass is 244 g/mol. The van der Waals surface area contributed by atoms with Crippen LogP contribution in [-0.2, 0) is 10.0 Å². The molecule has 0 amide bonds. The van der Waals surface area contributed by atoms with E-state index in [9.17, 15) is 12.8 Å². The molecule has 4 nitrogen and oxygen atoms in total. The highest BCUT2D eigenvalue weighted by Crippen LogP contribution is 2.18. The van der Waals surface area contributed by atoms with Crippen LogP contribution in [0.25, 0.3) is 0 Å². The molecule has 6 heteroatoms. The summed E-state index contributed by atoms with van der Waals surface area (Å²) in [5.41, 5.74) is 0. The van der Waals surface area contributed by atoms with E-state index in [0.717, 1.165) is 12.1 Å². The number of rotatable bonds is 3. The predicted octanol–water partition coefficient (Wildman–Crippen LogP) is 0.418. The Bertz CT molecular complexity index is 468. The largest absolute Gasteiger partial charge is 0.313 e. The number of likely N-dealkylation sites (N-methyl/N-ethyl adjacent to an activating group) is 1. The number of sulfonamides is 1. The fraction of sp³-hybridized carbons (Fsp3) is 0.400. The first-order valence-corrected chi connectivity index (χ1v) is 6.40. The van der Waals surface area contributed by atoms with Gasteiger partial charge >= 0.3 is 0 Å². The van der Waals surface area contributed by atoms with Crippen LogP contribution in [0.4, 0.5) is 4.39 Å². The molecule has 0 atom stereocenters. The van der Waals surface area contributed by atoms with Crippen molar-refractivity contribution >= 4 is 10.0 Å². The van der Waals surface area contributed by atoms with Crippen LogP contribution in [0.1, 0.15) is 0 Å². The van der Waals surface area contributed by atoms with Crippen molar-refractivity contribution in [3.05, 3.63) is 30.1 Å². The molecule has 88 valence electrons. The minimum Gasteiger partial charge on any atom is -0.313 e. The topological polar surface area (TPSA) is 49.4 Å². The Morgan fingerprint density at radius 3 is 2.31 bits per heavy atom. The van der Waals surface area contributed by atoms with Crippen LogP contribution in [-0.4, -0.2) is 38.9 Å². The second-order valence-electron chi connectivity index (χ2n) is 3.79. The van der Waals surface area contributed by atoms with Gasteiger partial charge in [0.2, 0.25) is 10.0 Å². The van der Waals surface area contributed by atoms with Gasteiger partial charge in [-0.3, -0.25) is 0 Å². The summed E-state index contributed by atoms with van der Waals surface area (Å²) in [6.07, 6.45) is 0. The van der Waals surface area contributed by atoms with Crippen LogP contribution in [0.15, 0.2) is 29.2 Å². The van der Waals surface area contributed by atoms with E-state index in [4.69, 9.17) is 0 Å². The first-order valence-electron chi connectivity index (χ1n) is 4.96. The van der Waals surface area contributed by atoms with E-state index in [1.807, 2.05) is 0 Å². The van der Waals surface area contributed by atoms with E-state index in [2.05, 4.69) is 5.32 Å². The maximum Gasteiger partial charge on any atom is 0.243 e. The average Bonchev–Trinajstić information content (AvgIpc) is 2.15. The zero-order valence-corrected chi connectivity index (χ0v) is 9.67. The fourth-order valence-electron chi connectivity index (χ4n) is 1.50. The van der Waals surface area contributed by atoms with Crippen molar-refractivity contribution in [1.29, 1.82) is 0 Å². The van der Waals surface area contributed by atoms with E-state index in [1.54, 1.807) is 7.05 Å². The molecular weight excluding hydrogens is 231 g/mol. The predicted molar refractivity (Wildman–Crippen MR) is 58.0 cm³/mol. The lowest BCUT2D eigenvalue weighted by Crippen LogP contribution is -2.57. The normalized spacial score (nSPS) is 17.4. The highest BCUT2D eigenvalue weighted by Gasteiger charge is 2.31. The molecule has 1 heterocycles. The molecule has 0 aromatic heterocycles. The number of nitrogens with one attached hydrogen (secondary N) is 1. The first kappa shape index (κ1) is 11.5. The lowest BCUT2D eigenvalue weighted by atomic mass is 10.2. The minimum atomic E-state index is -3.49. The zero-order valence-electron chi connectivity index (χ0n) is 8.85. The molecule has 0 spiro atoms. The first-order chi connectivity index (χ1) is 7.51. The molecule has 0 aliphatic carbocycles. The molecule has 16 heavy (non-hydrogen) atoms. The third-order valence-corrected chi connectivity index (χ3v) is 4.69. The third-order valence-electron chi connectivity index (χ3n) is 2.76. The summed E-state index contributed by atoms with van der Waals surface area (Å²) in [6.45, 7) is 1.33. The summed E-state index contributed by atoms with van der Waals surface area (Å²) in [4.78, 5) is 0.128. The minimum absolute atomic E-state index is 0.00458. The van der Waals surface area contributed by atoms with Gasteiger partial charge in [0.25, 0.3) is 0 Å². The quantitative estimate of drug-likeness (QED) is 0.838.